The normalized spacial score (nSPS) is 10.7. The van der Waals surface area contributed by atoms with Crippen LogP contribution in [0.5, 0.6) is 0 Å². The van der Waals surface area contributed by atoms with Crippen molar-refractivity contribution in [2.45, 2.75) is 6.92 Å². The number of nitrogens with zero attached hydrogens (tertiary/aromatic N) is 1. The van der Waals surface area contributed by atoms with Crippen LogP contribution in [0.25, 0.3) is 10.2 Å². The van der Waals surface area contributed by atoms with Gasteiger partial charge in [-0.15, -0.1) is 0 Å². The molecule has 13 heavy (non-hydrogen) atoms. The molecule has 0 spiro atoms. The lowest BCUT2D eigenvalue weighted by Crippen LogP contribution is -2.05. The summed E-state index contributed by atoms with van der Waals surface area (Å²) in [6.07, 6.45) is 0. The van der Waals surface area contributed by atoms with E-state index in [9.17, 15) is 0 Å². The van der Waals surface area contributed by atoms with Gasteiger partial charge in [-0.05, 0) is 24.6 Å². The molecule has 0 radical (unpaired) electrons. The number of nitrogens with one attached hydrogen (secondary N) is 1. The van der Waals surface area contributed by atoms with Crippen LogP contribution in [0.1, 0.15) is 5.56 Å². The van der Waals surface area contributed by atoms with Crippen LogP contribution in [0.4, 0.5) is 5.13 Å². The monoisotopic (exact) mass is 213 g/mol. The molecule has 5 heteroatoms. The van der Waals surface area contributed by atoms with Crippen LogP contribution in [0.15, 0.2) is 12.1 Å². The molecule has 0 atom stereocenters. The SMILES string of the molecule is Cc1cc(Cl)cc2nc(NN)sc12. The number of benzene rings is 1. The van der Waals surface area contributed by atoms with Crippen molar-refractivity contribution >= 4 is 38.3 Å². The largest absolute Gasteiger partial charge is 0.300 e. The van der Waals surface area contributed by atoms with Gasteiger partial charge in [0.05, 0.1) is 10.2 Å². The number of fused-ring (bicyclic) bond motifs is 1. The number of halogens is 1. The molecule has 0 aliphatic heterocycles. The van der Waals surface area contributed by atoms with Crippen LogP contribution in [-0.4, -0.2) is 4.98 Å². The lowest BCUT2D eigenvalue weighted by molar-refractivity contribution is 1.31. The van der Waals surface area contributed by atoms with Gasteiger partial charge in [-0.3, -0.25) is 5.43 Å². The molecule has 68 valence electrons. The Morgan fingerprint density at radius 2 is 2.31 bits per heavy atom. The smallest absolute Gasteiger partial charge is 0.198 e. The van der Waals surface area contributed by atoms with Crippen LogP contribution < -0.4 is 11.3 Å². The molecule has 1 aromatic heterocycles. The lowest BCUT2D eigenvalue weighted by Gasteiger charge is -1.94. The molecule has 0 saturated carbocycles. The number of thiazole rings is 1. The molecule has 1 aromatic carbocycles. The standard InChI is InChI=1S/C8H8ClN3S/c1-4-2-5(9)3-6-7(4)13-8(11-6)12-10/h2-3H,10H2,1H3,(H,11,12). The zero-order valence-electron chi connectivity index (χ0n) is 6.97. The van der Waals surface area contributed by atoms with Gasteiger partial charge in [0.2, 0.25) is 0 Å². The molecule has 0 unspecified atom stereocenters. The number of aromatic nitrogens is 1. The minimum atomic E-state index is 0.707. The molecule has 0 amide bonds. The number of aryl methyl sites for hydroxylation is 1. The van der Waals surface area contributed by atoms with Gasteiger partial charge in [0.15, 0.2) is 5.13 Å². The number of rotatable bonds is 1. The summed E-state index contributed by atoms with van der Waals surface area (Å²) in [6, 6.07) is 3.75. The van der Waals surface area contributed by atoms with Crippen LogP contribution in [0, 0.1) is 6.92 Å². The summed E-state index contributed by atoms with van der Waals surface area (Å²) in [7, 11) is 0. The number of nitrogen functional groups attached to an aromatic ring is 1. The van der Waals surface area contributed by atoms with Crippen molar-refractivity contribution in [3.63, 3.8) is 0 Å². The second-order valence-corrected chi connectivity index (χ2v) is 4.17. The van der Waals surface area contributed by atoms with Crippen molar-refractivity contribution < 1.29 is 0 Å². The highest BCUT2D eigenvalue weighted by Gasteiger charge is 2.05. The second kappa shape index (κ2) is 3.14. The first-order valence-electron chi connectivity index (χ1n) is 3.74. The number of anilines is 1. The topological polar surface area (TPSA) is 50.9 Å². The average Bonchev–Trinajstić information content (AvgIpc) is 2.47. The first-order valence-corrected chi connectivity index (χ1v) is 4.93. The maximum absolute atomic E-state index is 5.89. The quantitative estimate of drug-likeness (QED) is 0.566. The third-order valence-electron chi connectivity index (χ3n) is 1.76. The molecular weight excluding hydrogens is 206 g/mol. The summed E-state index contributed by atoms with van der Waals surface area (Å²) < 4.78 is 1.12. The highest BCUT2D eigenvalue weighted by Crippen LogP contribution is 2.30. The van der Waals surface area contributed by atoms with Gasteiger partial charge in [0, 0.05) is 5.02 Å². The highest BCUT2D eigenvalue weighted by atomic mass is 35.5. The van der Waals surface area contributed by atoms with E-state index in [0.29, 0.717) is 10.2 Å². The molecule has 3 N–H and O–H groups in total. The Morgan fingerprint density at radius 1 is 1.54 bits per heavy atom. The zero-order valence-corrected chi connectivity index (χ0v) is 8.54. The third kappa shape index (κ3) is 1.48. The van der Waals surface area contributed by atoms with Crippen molar-refractivity contribution in [3.05, 3.63) is 22.7 Å². The van der Waals surface area contributed by atoms with E-state index in [-0.39, 0.29) is 0 Å². The molecule has 0 fully saturated rings. The molecule has 0 aliphatic carbocycles. The summed E-state index contributed by atoms with van der Waals surface area (Å²) in [5.74, 6) is 5.27. The van der Waals surface area contributed by atoms with Gasteiger partial charge in [-0.2, -0.15) is 0 Å². The first-order chi connectivity index (χ1) is 6.20. The molecule has 1 heterocycles. The Bertz CT molecular complexity index is 452. The van der Waals surface area contributed by atoms with Crippen LogP contribution >= 0.6 is 22.9 Å². The summed E-state index contributed by atoms with van der Waals surface area (Å²) in [5, 5.41) is 1.42. The van der Waals surface area contributed by atoms with Crippen molar-refractivity contribution in [3.8, 4) is 0 Å². The number of nitrogens with two attached hydrogens (primary N) is 1. The fraction of sp³-hybridized carbons (Fsp3) is 0.125. The number of hydrogen-bond acceptors (Lipinski definition) is 4. The van der Waals surface area contributed by atoms with Gasteiger partial charge in [-0.25, -0.2) is 10.8 Å². The molecular formula is C8H8ClN3S. The predicted molar refractivity (Wildman–Crippen MR) is 57.2 cm³/mol. The summed E-state index contributed by atoms with van der Waals surface area (Å²) >= 11 is 7.42. The second-order valence-electron chi connectivity index (χ2n) is 2.73. The van der Waals surface area contributed by atoms with Gasteiger partial charge >= 0.3 is 0 Å². The molecule has 0 aliphatic rings. The van der Waals surface area contributed by atoms with E-state index in [4.69, 9.17) is 17.4 Å². The Kier molecular flexibility index (Phi) is 2.11. The van der Waals surface area contributed by atoms with E-state index in [2.05, 4.69) is 10.4 Å². The van der Waals surface area contributed by atoms with E-state index in [1.54, 1.807) is 0 Å². The van der Waals surface area contributed by atoms with Gasteiger partial charge in [-0.1, -0.05) is 22.9 Å². The van der Waals surface area contributed by atoms with Crippen molar-refractivity contribution in [2.24, 2.45) is 5.84 Å². The highest BCUT2D eigenvalue weighted by molar-refractivity contribution is 7.22. The Labute approximate surface area is 84.5 Å². The Hall–Kier alpha value is -0.840. The number of hydrazine groups is 1. The van der Waals surface area contributed by atoms with Crippen LogP contribution in [-0.2, 0) is 0 Å². The fourth-order valence-corrected chi connectivity index (χ4v) is 2.31. The fourth-order valence-electron chi connectivity index (χ4n) is 1.22. The molecule has 0 bridgehead atoms. The Morgan fingerprint density at radius 3 is 3.00 bits per heavy atom. The summed E-state index contributed by atoms with van der Waals surface area (Å²) in [5.41, 5.74) is 4.55. The van der Waals surface area contributed by atoms with Crippen LogP contribution in [0.3, 0.4) is 0 Å². The molecule has 2 aromatic rings. The summed E-state index contributed by atoms with van der Waals surface area (Å²) in [4.78, 5) is 4.25. The Balaban J connectivity index is 2.75. The van der Waals surface area contributed by atoms with E-state index in [1.807, 2.05) is 19.1 Å². The first kappa shape index (κ1) is 8.74. The molecule has 0 saturated heterocycles. The van der Waals surface area contributed by atoms with Crippen molar-refractivity contribution in [2.75, 3.05) is 5.43 Å². The lowest BCUT2D eigenvalue weighted by atomic mass is 10.2. The van der Waals surface area contributed by atoms with Gasteiger partial charge < -0.3 is 0 Å². The van der Waals surface area contributed by atoms with Gasteiger partial charge in [0.25, 0.3) is 0 Å². The van der Waals surface area contributed by atoms with Crippen molar-refractivity contribution in [1.29, 1.82) is 0 Å². The minimum Gasteiger partial charge on any atom is -0.300 e. The predicted octanol–water partition coefficient (Wildman–Crippen LogP) is 2.54. The maximum atomic E-state index is 5.89. The van der Waals surface area contributed by atoms with E-state index >= 15 is 0 Å². The van der Waals surface area contributed by atoms with Gasteiger partial charge in [0.1, 0.15) is 0 Å². The van der Waals surface area contributed by atoms with Crippen molar-refractivity contribution in [1.82, 2.24) is 4.98 Å². The number of hydrogen-bond donors (Lipinski definition) is 2. The van der Waals surface area contributed by atoms with Crippen LogP contribution in [0.2, 0.25) is 5.02 Å². The molecule has 3 nitrogen and oxygen atoms in total. The van der Waals surface area contributed by atoms with E-state index in [1.165, 1.54) is 11.3 Å². The van der Waals surface area contributed by atoms with E-state index in [0.717, 1.165) is 15.8 Å². The maximum Gasteiger partial charge on any atom is 0.198 e. The summed E-state index contributed by atoms with van der Waals surface area (Å²) in [6.45, 7) is 2.01. The average molecular weight is 214 g/mol. The molecule has 2 rings (SSSR count). The zero-order chi connectivity index (χ0) is 9.42. The van der Waals surface area contributed by atoms with E-state index < -0.39 is 0 Å². The third-order valence-corrected chi connectivity index (χ3v) is 3.12. The minimum absolute atomic E-state index is 0.707.